The van der Waals surface area contributed by atoms with Crippen LogP contribution >= 0.6 is 0 Å². The van der Waals surface area contributed by atoms with Crippen LogP contribution in [0.5, 0.6) is 0 Å². The lowest BCUT2D eigenvalue weighted by atomic mass is 10.0. The summed E-state index contributed by atoms with van der Waals surface area (Å²) in [7, 11) is -3.98. The molecule has 1 N–H and O–H groups in total. The lowest BCUT2D eigenvalue weighted by Gasteiger charge is -2.33. The largest absolute Gasteiger partial charge is 0.336 e. The van der Waals surface area contributed by atoms with Gasteiger partial charge in [-0.15, -0.1) is 0 Å². The second-order valence-electron chi connectivity index (χ2n) is 7.85. The van der Waals surface area contributed by atoms with Gasteiger partial charge >= 0.3 is 0 Å². The molecule has 7 nitrogen and oxygen atoms in total. The van der Waals surface area contributed by atoms with Gasteiger partial charge in [0.05, 0.1) is 17.4 Å². The number of nitrogens with one attached hydrogen (secondary N) is 1. The van der Waals surface area contributed by atoms with E-state index in [1.807, 2.05) is 37.3 Å². The maximum absolute atomic E-state index is 13.2. The molecule has 2 heterocycles. The summed E-state index contributed by atoms with van der Waals surface area (Å²) < 4.78 is 27.4. The number of likely N-dealkylation sites (tertiary alicyclic amines) is 1. The van der Waals surface area contributed by atoms with Crippen molar-refractivity contribution in [2.24, 2.45) is 0 Å². The standard InChI is InChI=1S/C23H25N3O4S/c1-17-9-11-19(12-10-17)31(29,30)26-15-13-24-23(28)21(26)16-22(27)25-14-5-8-20(25)18-6-3-2-4-7-18/h2-4,6-7,9-13,15,20-21H,5,8,14,16H2,1H3,(H,24,28)/t20?,21-/m1/s1. The number of aryl methyl sites for hydroxylation is 1. The number of nitrogens with zero attached hydrogens (tertiary/aromatic N) is 2. The smallest absolute Gasteiger partial charge is 0.264 e. The van der Waals surface area contributed by atoms with E-state index >= 15 is 0 Å². The molecule has 4 rings (SSSR count). The highest BCUT2D eigenvalue weighted by Gasteiger charge is 2.39. The van der Waals surface area contributed by atoms with Gasteiger partial charge in [-0.2, -0.15) is 0 Å². The Morgan fingerprint density at radius 2 is 1.81 bits per heavy atom. The summed E-state index contributed by atoms with van der Waals surface area (Å²) in [5, 5.41) is 2.54. The number of benzene rings is 2. The maximum Gasteiger partial charge on any atom is 0.264 e. The van der Waals surface area contributed by atoms with E-state index in [9.17, 15) is 18.0 Å². The van der Waals surface area contributed by atoms with Crippen LogP contribution in [0.2, 0.25) is 0 Å². The molecule has 1 unspecified atom stereocenters. The van der Waals surface area contributed by atoms with Crippen LogP contribution in [0.4, 0.5) is 0 Å². The molecule has 2 aromatic rings. The van der Waals surface area contributed by atoms with Crippen molar-refractivity contribution in [2.45, 2.75) is 43.2 Å². The minimum Gasteiger partial charge on any atom is -0.336 e. The highest BCUT2D eigenvalue weighted by molar-refractivity contribution is 7.89. The van der Waals surface area contributed by atoms with E-state index in [2.05, 4.69) is 5.32 Å². The summed E-state index contributed by atoms with van der Waals surface area (Å²) in [6.07, 6.45) is 4.10. The minimum atomic E-state index is -3.98. The third-order valence-electron chi connectivity index (χ3n) is 5.78. The number of carbonyl (C=O) groups is 2. The molecule has 2 aromatic carbocycles. The van der Waals surface area contributed by atoms with E-state index in [0.717, 1.165) is 28.3 Å². The molecule has 1 saturated heterocycles. The van der Waals surface area contributed by atoms with Crippen LogP contribution < -0.4 is 5.32 Å². The SMILES string of the molecule is Cc1ccc(S(=O)(=O)N2C=CNC(=O)[C@H]2CC(=O)N2CCCC2c2ccccc2)cc1. The summed E-state index contributed by atoms with van der Waals surface area (Å²) >= 11 is 0. The first-order valence-corrected chi connectivity index (χ1v) is 11.7. The average Bonchev–Trinajstić information content (AvgIpc) is 3.26. The van der Waals surface area contributed by atoms with E-state index in [-0.39, 0.29) is 23.3 Å². The van der Waals surface area contributed by atoms with Crippen molar-refractivity contribution in [3.8, 4) is 0 Å². The van der Waals surface area contributed by atoms with E-state index in [4.69, 9.17) is 0 Å². The van der Waals surface area contributed by atoms with Gasteiger partial charge < -0.3 is 10.2 Å². The van der Waals surface area contributed by atoms with E-state index < -0.39 is 22.0 Å². The van der Waals surface area contributed by atoms with Crippen molar-refractivity contribution in [3.63, 3.8) is 0 Å². The van der Waals surface area contributed by atoms with Gasteiger partial charge in [0.25, 0.3) is 10.0 Å². The topological polar surface area (TPSA) is 86.8 Å². The fourth-order valence-electron chi connectivity index (χ4n) is 4.14. The zero-order valence-corrected chi connectivity index (χ0v) is 18.1. The van der Waals surface area contributed by atoms with Crippen LogP contribution in [0.3, 0.4) is 0 Å². The fraction of sp³-hybridized carbons (Fsp3) is 0.304. The van der Waals surface area contributed by atoms with Crippen molar-refractivity contribution in [1.29, 1.82) is 0 Å². The predicted molar refractivity (Wildman–Crippen MR) is 116 cm³/mol. The molecular formula is C23H25N3O4S. The molecule has 0 aromatic heterocycles. The van der Waals surface area contributed by atoms with Crippen LogP contribution in [0.1, 0.15) is 36.4 Å². The molecule has 0 aliphatic carbocycles. The lowest BCUT2D eigenvalue weighted by Crippen LogP contribution is -2.51. The van der Waals surface area contributed by atoms with Gasteiger partial charge in [-0.1, -0.05) is 48.0 Å². The van der Waals surface area contributed by atoms with Crippen molar-refractivity contribution in [1.82, 2.24) is 14.5 Å². The Kier molecular flexibility index (Phi) is 5.82. The molecule has 2 amide bonds. The van der Waals surface area contributed by atoms with Crippen LogP contribution in [-0.4, -0.2) is 42.0 Å². The summed E-state index contributed by atoms with van der Waals surface area (Å²) in [6, 6.07) is 15.0. The first-order valence-electron chi connectivity index (χ1n) is 10.3. The van der Waals surface area contributed by atoms with Gasteiger partial charge in [0.15, 0.2) is 0 Å². The van der Waals surface area contributed by atoms with Gasteiger partial charge in [-0.25, -0.2) is 8.42 Å². The first kappa shape index (κ1) is 21.1. The van der Waals surface area contributed by atoms with Gasteiger partial charge in [0, 0.05) is 18.9 Å². The Morgan fingerprint density at radius 3 is 2.52 bits per heavy atom. The number of hydrogen-bond donors (Lipinski definition) is 1. The fourth-order valence-corrected chi connectivity index (χ4v) is 5.59. The molecular weight excluding hydrogens is 414 g/mol. The monoisotopic (exact) mass is 439 g/mol. The predicted octanol–water partition coefficient (Wildman–Crippen LogP) is 2.71. The molecule has 0 bridgehead atoms. The molecule has 2 atom stereocenters. The third kappa shape index (κ3) is 4.20. The van der Waals surface area contributed by atoms with Crippen LogP contribution in [0, 0.1) is 6.92 Å². The maximum atomic E-state index is 13.2. The van der Waals surface area contributed by atoms with Crippen LogP contribution in [0.15, 0.2) is 71.9 Å². The Bertz CT molecular complexity index is 1100. The number of rotatable bonds is 5. The van der Waals surface area contributed by atoms with Gasteiger partial charge in [0.1, 0.15) is 6.04 Å². The highest BCUT2D eigenvalue weighted by atomic mass is 32.2. The molecule has 0 radical (unpaired) electrons. The number of carbonyl (C=O) groups excluding carboxylic acids is 2. The number of hydrogen-bond acceptors (Lipinski definition) is 4. The Balaban J connectivity index is 1.58. The third-order valence-corrected chi connectivity index (χ3v) is 7.58. The quantitative estimate of drug-likeness (QED) is 0.776. The van der Waals surface area contributed by atoms with Crippen LogP contribution in [-0.2, 0) is 19.6 Å². The van der Waals surface area contributed by atoms with E-state index in [1.165, 1.54) is 24.5 Å². The summed E-state index contributed by atoms with van der Waals surface area (Å²) in [5.74, 6) is -0.743. The zero-order valence-electron chi connectivity index (χ0n) is 17.3. The minimum absolute atomic E-state index is 0.0574. The van der Waals surface area contributed by atoms with E-state index in [1.54, 1.807) is 17.0 Å². The normalized spacial score (nSPS) is 21.3. The summed E-state index contributed by atoms with van der Waals surface area (Å²) in [6.45, 7) is 2.46. The molecule has 0 spiro atoms. The summed E-state index contributed by atoms with van der Waals surface area (Å²) in [4.78, 5) is 27.6. The van der Waals surface area contributed by atoms with Crippen molar-refractivity contribution in [3.05, 3.63) is 78.1 Å². The van der Waals surface area contributed by atoms with Crippen molar-refractivity contribution in [2.75, 3.05) is 6.54 Å². The molecule has 0 saturated carbocycles. The highest BCUT2D eigenvalue weighted by Crippen LogP contribution is 2.33. The van der Waals surface area contributed by atoms with E-state index in [0.29, 0.717) is 6.54 Å². The van der Waals surface area contributed by atoms with Crippen molar-refractivity contribution < 1.29 is 18.0 Å². The molecule has 31 heavy (non-hydrogen) atoms. The number of amides is 2. The number of sulfonamides is 1. The zero-order chi connectivity index (χ0) is 22.0. The van der Waals surface area contributed by atoms with Crippen molar-refractivity contribution >= 4 is 21.8 Å². The Morgan fingerprint density at radius 1 is 1.10 bits per heavy atom. The second kappa shape index (κ2) is 8.55. The Labute approximate surface area is 182 Å². The molecule has 1 fully saturated rings. The molecule has 2 aliphatic rings. The van der Waals surface area contributed by atoms with Gasteiger partial charge in [-0.05, 0) is 37.5 Å². The second-order valence-corrected chi connectivity index (χ2v) is 9.69. The average molecular weight is 440 g/mol. The first-order chi connectivity index (χ1) is 14.9. The molecule has 2 aliphatic heterocycles. The van der Waals surface area contributed by atoms with Crippen LogP contribution in [0.25, 0.3) is 0 Å². The summed E-state index contributed by atoms with van der Waals surface area (Å²) in [5.41, 5.74) is 1.98. The Hall–Kier alpha value is -3.13. The lowest BCUT2D eigenvalue weighted by molar-refractivity contribution is -0.136. The van der Waals surface area contributed by atoms with Gasteiger partial charge in [0.2, 0.25) is 11.8 Å². The molecule has 162 valence electrons. The molecule has 8 heteroatoms. The van der Waals surface area contributed by atoms with Gasteiger partial charge in [-0.3, -0.25) is 13.9 Å².